The van der Waals surface area contributed by atoms with Crippen LogP contribution >= 0.6 is 39.1 Å². The molecule has 5 heteroatoms. The van der Waals surface area contributed by atoms with Gasteiger partial charge in [-0.25, -0.2) is 4.98 Å². The molecule has 84 valence electrons. The molecule has 2 aromatic rings. The fourth-order valence-corrected chi connectivity index (χ4v) is 2.38. The SMILES string of the molecule is Clc1ccc(CCc2[nH]cnc2Br)c(Cl)c1. The molecule has 0 atom stereocenters. The first kappa shape index (κ1) is 12.0. The molecule has 0 unspecified atom stereocenters. The maximum Gasteiger partial charge on any atom is 0.127 e. The Bertz CT molecular complexity index is 496. The average molecular weight is 320 g/mol. The summed E-state index contributed by atoms with van der Waals surface area (Å²) in [6.45, 7) is 0. The largest absolute Gasteiger partial charge is 0.348 e. The number of aromatic nitrogens is 2. The van der Waals surface area contributed by atoms with Gasteiger partial charge in [-0.05, 0) is 46.5 Å². The van der Waals surface area contributed by atoms with Crippen molar-refractivity contribution in [2.75, 3.05) is 0 Å². The predicted molar refractivity (Wildman–Crippen MR) is 70.2 cm³/mol. The zero-order valence-corrected chi connectivity index (χ0v) is 11.4. The Kier molecular flexibility index (Phi) is 3.90. The molecule has 16 heavy (non-hydrogen) atoms. The van der Waals surface area contributed by atoms with E-state index in [1.807, 2.05) is 12.1 Å². The number of hydrogen-bond donors (Lipinski definition) is 1. The molecule has 0 aliphatic heterocycles. The highest BCUT2D eigenvalue weighted by atomic mass is 79.9. The Morgan fingerprint density at radius 1 is 1.25 bits per heavy atom. The van der Waals surface area contributed by atoms with E-state index in [0.29, 0.717) is 10.0 Å². The van der Waals surface area contributed by atoms with E-state index in [2.05, 4.69) is 25.9 Å². The molecule has 0 spiro atoms. The number of benzene rings is 1. The van der Waals surface area contributed by atoms with Crippen molar-refractivity contribution < 1.29 is 0 Å². The summed E-state index contributed by atoms with van der Waals surface area (Å²) in [4.78, 5) is 7.15. The molecule has 1 aromatic heterocycles. The molecule has 0 amide bonds. The van der Waals surface area contributed by atoms with E-state index in [0.717, 1.165) is 28.7 Å². The van der Waals surface area contributed by atoms with Gasteiger partial charge in [-0.3, -0.25) is 0 Å². The summed E-state index contributed by atoms with van der Waals surface area (Å²) in [5.74, 6) is 0. The van der Waals surface area contributed by atoms with E-state index in [1.54, 1.807) is 12.4 Å². The first-order chi connectivity index (χ1) is 7.66. The monoisotopic (exact) mass is 318 g/mol. The summed E-state index contributed by atoms with van der Waals surface area (Å²) in [5, 5.41) is 1.37. The number of imidazole rings is 1. The summed E-state index contributed by atoms with van der Waals surface area (Å²) in [6.07, 6.45) is 3.39. The zero-order chi connectivity index (χ0) is 11.5. The van der Waals surface area contributed by atoms with E-state index < -0.39 is 0 Å². The fraction of sp³-hybridized carbons (Fsp3) is 0.182. The van der Waals surface area contributed by atoms with Crippen LogP contribution in [0.3, 0.4) is 0 Å². The Balaban J connectivity index is 2.08. The van der Waals surface area contributed by atoms with Crippen LogP contribution in [0.2, 0.25) is 10.0 Å². The van der Waals surface area contributed by atoms with Crippen molar-refractivity contribution in [2.24, 2.45) is 0 Å². The van der Waals surface area contributed by atoms with Crippen LogP contribution in [-0.4, -0.2) is 9.97 Å². The van der Waals surface area contributed by atoms with Gasteiger partial charge < -0.3 is 4.98 Å². The number of aryl methyl sites for hydroxylation is 2. The maximum absolute atomic E-state index is 6.09. The molecule has 2 rings (SSSR count). The minimum Gasteiger partial charge on any atom is -0.348 e. The smallest absolute Gasteiger partial charge is 0.127 e. The number of aromatic amines is 1. The van der Waals surface area contributed by atoms with Gasteiger partial charge >= 0.3 is 0 Å². The van der Waals surface area contributed by atoms with Crippen LogP contribution in [0, 0.1) is 0 Å². The minimum absolute atomic E-state index is 0.663. The molecule has 0 radical (unpaired) electrons. The second-order valence-corrected chi connectivity index (χ2v) is 5.00. The van der Waals surface area contributed by atoms with Gasteiger partial charge in [0, 0.05) is 15.7 Å². The summed E-state index contributed by atoms with van der Waals surface area (Å²) < 4.78 is 0.859. The first-order valence-corrected chi connectivity index (χ1v) is 6.33. The van der Waals surface area contributed by atoms with E-state index in [9.17, 15) is 0 Å². The van der Waals surface area contributed by atoms with Crippen molar-refractivity contribution in [3.63, 3.8) is 0 Å². The van der Waals surface area contributed by atoms with Crippen LogP contribution in [0.4, 0.5) is 0 Å². The molecule has 0 aliphatic rings. The standard InChI is InChI=1S/C11H9BrCl2N2/c12-11-10(15-6-16-11)4-2-7-1-3-8(13)5-9(7)14/h1,3,5-6H,2,4H2,(H,15,16). The Hall–Kier alpha value is -0.510. The van der Waals surface area contributed by atoms with Crippen LogP contribution in [-0.2, 0) is 12.8 Å². The zero-order valence-electron chi connectivity index (χ0n) is 8.30. The lowest BCUT2D eigenvalue weighted by molar-refractivity contribution is 0.919. The van der Waals surface area contributed by atoms with Gasteiger partial charge in [0.2, 0.25) is 0 Å². The first-order valence-electron chi connectivity index (χ1n) is 4.78. The number of H-pyrrole nitrogens is 1. The van der Waals surface area contributed by atoms with Crippen molar-refractivity contribution >= 4 is 39.1 Å². The van der Waals surface area contributed by atoms with Crippen molar-refractivity contribution in [2.45, 2.75) is 12.8 Å². The highest BCUT2D eigenvalue weighted by Crippen LogP contribution is 2.23. The van der Waals surface area contributed by atoms with E-state index >= 15 is 0 Å². The molecular formula is C11H9BrCl2N2. The third-order valence-electron chi connectivity index (χ3n) is 2.33. The van der Waals surface area contributed by atoms with Crippen molar-refractivity contribution in [1.29, 1.82) is 0 Å². The Morgan fingerprint density at radius 2 is 2.06 bits per heavy atom. The fourth-order valence-electron chi connectivity index (χ4n) is 1.46. The average Bonchev–Trinajstić information content (AvgIpc) is 2.63. The van der Waals surface area contributed by atoms with Crippen LogP contribution in [0.15, 0.2) is 29.1 Å². The van der Waals surface area contributed by atoms with Gasteiger partial charge in [0.1, 0.15) is 4.60 Å². The molecule has 1 N–H and O–H groups in total. The number of nitrogens with one attached hydrogen (secondary N) is 1. The van der Waals surface area contributed by atoms with Crippen molar-refractivity contribution in [3.05, 3.63) is 50.4 Å². The summed E-state index contributed by atoms with van der Waals surface area (Å²) >= 11 is 15.3. The number of hydrogen-bond acceptors (Lipinski definition) is 1. The predicted octanol–water partition coefficient (Wildman–Crippen LogP) is 4.26. The normalized spacial score (nSPS) is 10.7. The second-order valence-electron chi connectivity index (χ2n) is 3.41. The molecule has 0 fully saturated rings. The third-order valence-corrected chi connectivity index (χ3v) is 3.60. The van der Waals surface area contributed by atoms with Gasteiger partial charge in [0.05, 0.1) is 6.33 Å². The lowest BCUT2D eigenvalue weighted by Crippen LogP contribution is -1.93. The van der Waals surface area contributed by atoms with Gasteiger partial charge in [-0.15, -0.1) is 0 Å². The molecule has 0 saturated heterocycles. The van der Waals surface area contributed by atoms with Gasteiger partial charge in [0.25, 0.3) is 0 Å². The van der Waals surface area contributed by atoms with Crippen molar-refractivity contribution in [1.82, 2.24) is 9.97 Å². The molecule has 0 aliphatic carbocycles. The Morgan fingerprint density at radius 3 is 2.69 bits per heavy atom. The topological polar surface area (TPSA) is 28.7 Å². The lowest BCUT2D eigenvalue weighted by Gasteiger charge is -2.03. The maximum atomic E-state index is 6.09. The number of rotatable bonds is 3. The summed E-state index contributed by atoms with van der Waals surface area (Å²) in [6, 6.07) is 5.57. The number of nitrogens with zero attached hydrogens (tertiary/aromatic N) is 1. The Labute approximate surface area is 112 Å². The molecule has 2 nitrogen and oxygen atoms in total. The van der Waals surface area contributed by atoms with Crippen molar-refractivity contribution in [3.8, 4) is 0 Å². The van der Waals surface area contributed by atoms with Crippen LogP contribution in [0.5, 0.6) is 0 Å². The highest BCUT2D eigenvalue weighted by molar-refractivity contribution is 9.10. The molecule has 1 aromatic carbocycles. The van der Waals surface area contributed by atoms with Crippen LogP contribution in [0.1, 0.15) is 11.3 Å². The van der Waals surface area contributed by atoms with Crippen LogP contribution < -0.4 is 0 Å². The van der Waals surface area contributed by atoms with E-state index in [-0.39, 0.29) is 0 Å². The quantitative estimate of drug-likeness (QED) is 0.899. The molecule has 1 heterocycles. The van der Waals surface area contributed by atoms with Gasteiger partial charge in [-0.2, -0.15) is 0 Å². The van der Waals surface area contributed by atoms with E-state index in [1.165, 1.54) is 0 Å². The third kappa shape index (κ3) is 2.78. The molecule has 0 saturated carbocycles. The summed E-state index contributed by atoms with van der Waals surface area (Å²) in [5.41, 5.74) is 2.17. The molecular weight excluding hydrogens is 311 g/mol. The summed E-state index contributed by atoms with van der Waals surface area (Å²) in [7, 11) is 0. The highest BCUT2D eigenvalue weighted by Gasteiger charge is 2.05. The van der Waals surface area contributed by atoms with E-state index in [4.69, 9.17) is 23.2 Å². The molecule has 0 bridgehead atoms. The second kappa shape index (κ2) is 5.21. The number of halogens is 3. The van der Waals surface area contributed by atoms with Crippen LogP contribution in [0.25, 0.3) is 0 Å². The lowest BCUT2D eigenvalue weighted by atomic mass is 10.1. The minimum atomic E-state index is 0.663. The van der Waals surface area contributed by atoms with Gasteiger partial charge in [-0.1, -0.05) is 29.3 Å². The van der Waals surface area contributed by atoms with Gasteiger partial charge in [0.15, 0.2) is 0 Å².